The molecule has 3 rings (SSSR count). The minimum absolute atomic E-state index is 0.0669. The fourth-order valence-corrected chi connectivity index (χ4v) is 4.65. The normalized spacial score (nSPS) is 14.3. The molecule has 40 heavy (non-hydrogen) atoms. The number of hydrogen-bond acceptors (Lipinski definition) is 9. The van der Waals surface area contributed by atoms with Crippen LogP contribution in [0.5, 0.6) is 0 Å². The van der Waals surface area contributed by atoms with Gasteiger partial charge in [0, 0.05) is 29.0 Å². The highest BCUT2D eigenvalue weighted by atomic mass is 32.1. The number of amides is 2. The molecule has 0 fully saturated rings. The number of allylic oxidation sites excluding steroid dienone is 3. The molecule has 2 amide bonds. The summed E-state index contributed by atoms with van der Waals surface area (Å²) in [6, 6.07) is 3.26. The van der Waals surface area contributed by atoms with E-state index in [1.54, 1.807) is 18.5 Å². The van der Waals surface area contributed by atoms with Crippen LogP contribution in [0.3, 0.4) is 0 Å². The zero-order valence-corrected chi connectivity index (χ0v) is 24.5. The van der Waals surface area contributed by atoms with E-state index in [-0.39, 0.29) is 35.2 Å². The Morgan fingerprint density at radius 1 is 1.27 bits per heavy atom. The summed E-state index contributed by atoms with van der Waals surface area (Å²) in [7, 11) is 3.12. The molecular formula is C28H37FN6O4S. The maximum atomic E-state index is 14.3. The van der Waals surface area contributed by atoms with Crippen molar-refractivity contribution in [3.8, 4) is 11.3 Å². The van der Waals surface area contributed by atoms with Crippen LogP contribution in [0.25, 0.3) is 11.3 Å². The quantitative estimate of drug-likeness (QED) is 0.191. The van der Waals surface area contributed by atoms with Gasteiger partial charge >= 0.3 is 0 Å². The standard InChI is InChI=1S/C28H37FN6O4S/c1-7-16-8-9-23(28(2,3)4)39-24(16)26(37)33-21(14-38-6)25(36)35-27-34-22(15-40-27)18-10-17(11-19(29)12-18)20(30)13-32-31-5/h9-12,15,21,30-32H,7-8,13-14H2,1-6H3,(H,33,37)(H,34,35,36). The number of methoxy groups -OCH3 is 1. The molecule has 1 unspecified atom stereocenters. The summed E-state index contributed by atoms with van der Waals surface area (Å²) in [6.07, 6.45) is 3.22. The fourth-order valence-electron chi connectivity index (χ4n) is 3.92. The number of thiazole rings is 1. The first-order valence-corrected chi connectivity index (χ1v) is 13.8. The predicted molar refractivity (Wildman–Crippen MR) is 154 cm³/mol. The van der Waals surface area contributed by atoms with Gasteiger partial charge in [-0.25, -0.2) is 9.37 Å². The van der Waals surface area contributed by atoms with Gasteiger partial charge in [-0.2, -0.15) is 0 Å². The van der Waals surface area contributed by atoms with Crippen LogP contribution < -0.4 is 21.5 Å². The lowest BCUT2D eigenvalue weighted by Gasteiger charge is -2.29. The molecule has 2 heterocycles. The number of carbonyl (C=O) groups excluding carboxylic acids is 2. The van der Waals surface area contributed by atoms with Crippen LogP contribution in [-0.4, -0.2) is 55.9 Å². The molecule has 5 N–H and O–H groups in total. The lowest BCUT2D eigenvalue weighted by molar-refractivity contribution is -0.127. The highest BCUT2D eigenvalue weighted by molar-refractivity contribution is 7.14. The van der Waals surface area contributed by atoms with Crippen LogP contribution >= 0.6 is 11.3 Å². The van der Waals surface area contributed by atoms with E-state index in [9.17, 15) is 14.0 Å². The highest BCUT2D eigenvalue weighted by Gasteiger charge is 2.30. The van der Waals surface area contributed by atoms with Crippen molar-refractivity contribution < 1.29 is 23.5 Å². The van der Waals surface area contributed by atoms with Gasteiger partial charge in [-0.15, -0.1) is 11.3 Å². The lowest BCUT2D eigenvalue weighted by atomic mass is 9.90. The number of benzene rings is 1. The third kappa shape index (κ3) is 8.04. The topological polar surface area (TPSA) is 137 Å². The van der Waals surface area contributed by atoms with Gasteiger partial charge in [-0.05, 0) is 49.7 Å². The molecule has 1 atom stereocenters. The Bertz CT molecular complexity index is 1310. The van der Waals surface area contributed by atoms with Crippen molar-refractivity contribution in [2.45, 2.75) is 46.6 Å². The van der Waals surface area contributed by atoms with Gasteiger partial charge < -0.3 is 25.5 Å². The molecule has 0 saturated heterocycles. The van der Waals surface area contributed by atoms with E-state index in [2.05, 4.69) is 26.5 Å². The number of anilines is 1. The van der Waals surface area contributed by atoms with Crippen molar-refractivity contribution in [2.75, 3.05) is 32.6 Å². The highest BCUT2D eigenvalue weighted by Crippen LogP contribution is 2.34. The Morgan fingerprint density at radius 2 is 2.02 bits per heavy atom. The maximum absolute atomic E-state index is 14.3. The number of hydrazine groups is 1. The van der Waals surface area contributed by atoms with Crippen molar-refractivity contribution in [2.24, 2.45) is 5.41 Å². The van der Waals surface area contributed by atoms with E-state index < -0.39 is 23.7 Å². The number of rotatable bonds is 12. The molecule has 0 saturated carbocycles. The second-order valence-corrected chi connectivity index (χ2v) is 11.1. The van der Waals surface area contributed by atoms with Crippen molar-refractivity contribution in [3.05, 3.63) is 58.1 Å². The molecule has 0 spiro atoms. The smallest absolute Gasteiger partial charge is 0.287 e. The third-order valence-corrected chi connectivity index (χ3v) is 6.87. The van der Waals surface area contributed by atoms with Gasteiger partial charge in [0.15, 0.2) is 10.9 Å². The van der Waals surface area contributed by atoms with Crippen molar-refractivity contribution in [1.82, 2.24) is 21.2 Å². The largest absolute Gasteiger partial charge is 0.456 e. The summed E-state index contributed by atoms with van der Waals surface area (Å²) in [5.74, 6) is -0.605. The molecule has 1 aliphatic heterocycles. The summed E-state index contributed by atoms with van der Waals surface area (Å²) in [5.41, 5.74) is 7.63. The fraction of sp³-hybridized carbons (Fsp3) is 0.429. The summed E-state index contributed by atoms with van der Waals surface area (Å²) < 4.78 is 25.5. The minimum atomic E-state index is -1.01. The van der Waals surface area contributed by atoms with Gasteiger partial charge in [-0.1, -0.05) is 27.7 Å². The predicted octanol–water partition coefficient (Wildman–Crippen LogP) is 4.13. The van der Waals surface area contributed by atoms with E-state index >= 15 is 0 Å². The Labute approximate surface area is 237 Å². The first kappa shape index (κ1) is 31.1. The van der Waals surface area contributed by atoms with Gasteiger partial charge in [0.2, 0.25) is 0 Å². The van der Waals surface area contributed by atoms with E-state index in [0.29, 0.717) is 35.4 Å². The van der Waals surface area contributed by atoms with Gasteiger partial charge in [-0.3, -0.25) is 20.4 Å². The van der Waals surface area contributed by atoms with Crippen LogP contribution in [0.15, 0.2) is 46.7 Å². The Morgan fingerprint density at radius 3 is 2.67 bits per heavy atom. The van der Waals surface area contributed by atoms with Gasteiger partial charge in [0.05, 0.1) is 24.6 Å². The number of halogens is 1. The summed E-state index contributed by atoms with van der Waals surface area (Å²) >= 11 is 1.16. The maximum Gasteiger partial charge on any atom is 0.287 e. The lowest BCUT2D eigenvalue weighted by Crippen LogP contribution is -2.47. The Hall–Kier alpha value is -3.45. The van der Waals surface area contributed by atoms with Crippen LogP contribution in [0.4, 0.5) is 9.52 Å². The van der Waals surface area contributed by atoms with Crippen LogP contribution in [0, 0.1) is 16.6 Å². The van der Waals surface area contributed by atoms with Gasteiger partial charge in [0.25, 0.3) is 11.8 Å². The molecular weight excluding hydrogens is 535 g/mol. The molecule has 2 aromatic rings. The molecule has 1 aromatic heterocycles. The van der Waals surface area contributed by atoms with Crippen LogP contribution in [0.2, 0.25) is 0 Å². The number of nitrogens with one attached hydrogen (secondary N) is 5. The Balaban J connectivity index is 1.73. The van der Waals surface area contributed by atoms with E-state index in [4.69, 9.17) is 14.9 Å². The average Bonchev–Trinajstić information content (AvgIpc) is 3.38. The van der Waals surface area contributed by atoms with Crippen molar-refractivity contribution in [3.63, 3.8) is 0 Å². The zero-order valence-electron chi connectivity index (χ0n) is 23.7. The molecule has 1 aliphatic rings. The van der Waals surface area contributed by atoms with E-state index in [1.165, 1.54) is 19.2 Å². The molecule has 12 heteroatoms. The monoisotopic (exact) mass is 572 g/mol. The summed E-state index contributed by atoms with van der Waals surface area (Å²) in [6.45, 7) is 8.10. The summed E-state index contributed by atoms with van der Waals surface area (Å²) in [4.78, 5) is 30.8. The molecule has 1 aromatic carbocycles. The second kappa shape index (κ2) is 13.8. The first-order chi connectivity index (χ1) is 19.0. The number of nitrogens with zero attached hydrogens (tertiary/aromatic N) is 1. The zero-order chi connectivity index (χ0) is 29.4. The van der Waals surface area contributed by atoms with E-state index in [1.807, 2.05) is 33.8 Å². The molecule has 0 aliphatic carbocycles. The number of ether oxygens (including phenoxy) is 2. The molecule has 10 nitrogen and oxygen atoms in total. The first-order valence-electron chi connectivity index (χ1n) is 12.9. The van der Waals surface area contributed by atoms with Gasteiger partial charge in [0.1, 0.15) is 17.6 Å². The van der Waals surface area contributed by atoms with Crippen LogP contribution in [-0.2, 0) is 19.1 Å². The number of aromatic nitrogens is 1. The minimum Gasteiger partial charge on any atom is -0.456 e. The second-order valence-electron chi connectivity index (χ2n) is 10.2. The van der Waals surface area contributed by atoms with E-state index in [0.717, 1.165) is 16.9 Å². The molecule has 0 radical (unpaired) electrons. The molecule has 0 bridgehead atoms. The number of hydrogen-bond donors (Lipinski definition) is 5. The Kier molecular flexibility index (Phi) is 10.7. The average molecular weight is 573 g/mol. The number of carbonyl (C=O) groups is 2. The van der Waals surface area contributed by atoms with Crippen LogP contribution in [0.1, 0.15) is 46.1 Å². The van der Waals surface area contributed by atoms with Crippen molar-refractivity contribution >= 4 is 34.0 Å². The summed E-state index contributed by atoms with van der Waals surface area (Å²) in [5, 5.41) is 15.6. The van der Waals surface area contributed by atoms with Crippen molar-refractivity contribution in [1.29, 1.82) is 5.41 Å². The SMILES string of the molecule is CCC1=C(C(=O)NC(COC)C(=O)Nc2nc(-c3cc(F)cc(C(=N)CNNC)c3)cs2)OC(C(C)(C)C)=CC1. The third-order valence-electron chi connectivity index (χ3n) is 6.11. The molecule has 216 valence electrons.